The minimum Gasteiger partial charge on any atom is -0.493 e. The molecule has 2 aromatic rings. The molecule has 27 heavy (non-hydrogen) atoms. The van der Waals surface area contributed by atoms with Gasteiger partial charge < -0.3 is 14.1 Å². The lowest BCUT2D eigenvalue weighted by molar-refractivity contribution is -0.129. The molecule has 0 saturated heterocycles. The van der Waals surface area contributed by atoms with Gasteiger partial charge in [0.1, 0.15) is 5.75 Å². The average molecular weight is 390 g/mol. The maximum absolute atomic E-state index is 12.5. The number of rotatable bonds is 7. The van der Waals surface area contributed by atoms with E-state index in [0.717, 1.165) is 24.3 Å². The molecule has 0 atom stereocenters. The first kappa shape index (κ1) is 19.7. The highest BCUT2D eigenvalue weighted by molar-refractivity contribution is 7.99. The molecule has 3 rings (SSSR count). The highest BCUT2D eigenvalue weighted by Gasteiger charge is 2.25. The fourth-order valence-corrected chi connectivity index (χ4v) is 4.05. The Morgan fingerprint density at radius 2 is 2.00 bits per heavy atom. The van der Waals surface area contributed by atoms with E-state index in [4.69, 9.17) is 9.15 Å². The number of carbonyl (C=O) groups excluding carboxylic acids is 1. The highest BCUT2D eigenvalue weighted by atomic mass is 32.2. The second kappa shape index (κ2) is 9.26. The predicted molar refractivity (Wildman–Crippen MR) is 106 cm³/mol. The maximum atomic E-state index is 12.5. The Hall–Kier alpha value is -2.02. The van der Waals surface area contributed by atoms with Crippen LogP contribution in [0.2, 0.25) is 0 Å². The number of thioether (sulfide) groups is 1. The van der Waals surface area contributed by atoms with Gasteiger partial charge in [-0.3, -0.25) is 4.79 Å². The SMILES string of the molecule is CCOc1ccccc1-c1nnc(SCC(=O)N(C)C2CCC(C)CC2)o1. The molecule has 7 heteroatoms. The molecule has 0 aliphatic heterocycles. The number of ether oxygens (including phenoxy) is 1. The summed E-state index contributed by atoms with van der Waals surface area (Å²) in [6.07, 6.45) is 4.57. The van der Waals surface area contributed by atoms with Crippen LogP contribution in [0, 0.1) is 5.92 Å². The first-order chi connectivity index (χ1) is 13.1. The van der Waals surface area contributed by atoms with E-state index in [9.17, 15) is 4.79 Å². The van der Waals surface area contributed by atoms with Crippen LogP contribution in [0.15, 0.2) is 33.9 Å². The molecule has 0 spiro atoms. The molecule has 1 aliphatic carbocycles. The van der Waals surface area contributed by atoms with Crippen molar-refractivity contribution in [2.24, 2.45) is 5.92 Å². The highest BCUT2D eigenvalue weighted by Crippen LogP contribution is 2.31. The number of amides is 1. The minimum atomic E-state index is 0.106. The topological polar surface area (TPSA) is 68.5 Å². The number of carbonyl (C=O) groups is 1. The number of hydrogen-bond acceptors (Lipinski definition) is 6. The van der Waals surface area contributed by atoms with Gasteiger partial charge in [0.15, 0.2) is 0 Å². The van der Waals surface area contributed by atoms with Crippen molar-refractivity contribution in [2.45, 2.75) is 50.8 Å². The molecule has 1 amide bonds. The third-order valence-electron chi connectivity index (χ3n) is 5.07. The van der Waals surface area contributed by atoms with E-state index in [1.165, 1.54) is 24.6 Å². The predicted octanol–water partition coefficient (Wildman–Crippen LogP) is 4.26. The van der Waals surface area contributed by atoms with Gasteiger partial charge in [0, 0.05) is 13.1 Å². The average Bonchev–Trinajstić information content (AvgIpc) is 3.16. The van der Waals surface area contributed by atoms with E-state index in [1.807, 2.05) is 43.1 Å². The molecule has 0 unspecified atom stereocenters. The summed E-state index contributed by atoms with van der Waals surface area (Å²) in [6, 6.07) is 7.92. The summed E-state index contributed by atoms with van der Waals surface area (Å²) in [7, 11) is 1.90. The lowest BCUT2D eigenvalue weighted by Crippen LogP contribution is -2.40. The van der Waals surface area contributed by atoms with Crippen molar-refractivity contribution >= 4 is 17.7 Å². The number of hydrogen-bond donors (Lipinski definition) is 0. The number of aromatic nitrogens is 2. The first-order valence-corrected chi connectivity index (χ1v) is 10.5. The van der Waals surface area contributed by atoms with Crippen LogP contribution in [-0.2, 0) is 4.79 Å². The van der Waals surface area contributed by atoms with Crippen LogP contribution in [0.5, 0.6) is 5.75 Å². The van der Waals surface area contributed by atoms with E-state index in [1.54, 1.807) is 0 Å². The maximum Gasteiger partial charge on any atom is 0.277 e. The molecule has 1 aromatic carbocycles. The van der Waals surface area contributed by atoms with E-state index >= 15 is 0 Å². The number of para-hydroxylation sites is 1. The Morgan fingerprint density at radius 1 is 1.26 bits per heavy atom. The monoisotopic (exact) mass is 389 g/mol. The summed E-state index contributed by atoms with van der Waals surface area (Å²) < 4.78 is 11.3. The lowest BCUT2D eigenvalue weighted by Gasteiger charge is -2.33. The van der Waals surface area contributed by atoms with Crippen LogP contribution >= 0.6 is 11.8 Å². The molecule has 1 aliphatic rings. The molecule has 0 bridgehead atoms. The summed E-state index contributed by atoms with van der Waals surface area (Å²) in [5.41, 5.74) is 0.762. The van der Waals surface area contributed by atoms with Gasteiger partial charge in [0.25, 0.3) is 11.1 Å². The molecule has 1 aromatic heterocycles. The van der Waals surface area contributed by atoms with Crippen LogP contribution < -0.4 is 4.74 Å². The summed E-state index contributed by atoms with van der Waals surface area (Å²) in [4.78, 5) is 14.4. The Bertz CT molecular complexity index is 756. The van der Waals surface area contributed by atoms with Crippen molar-refractivity contribution in [3.8, 4) is 17.2 Å². The van der Waals surface area contributed by atoms with Crippen molar-refractivity contribution in [2.75, 3.05) is 19.4 Å². The second-order valence-electron chi connectivity index (χ2n) is 7.01. The Kier molecular flexibility index (Phi) is 6.77. The smallest absolute Gasteiger partial charge is 0.277 e. The standard InChI is InChI=1S/C20H27N3O3S/c1-4-25-17-8-6-5-7-16(17)19-21-22-20(26-19)27-13-18(24)23(3)15-11-9-14(2)10-12-15/h5-8,14-15H,4,9-13H2,1-3H3. The molecule has 1 heterocycles. The van der Waals surface area contributed by atoms with Crippen molar-refractivity contribution in [3.05, 3.63) is 24.3 Å². The molecule has 0 N–H and O–H groups in total. The minimum absolute atomic E-state index is 0.106. The summed E-state index contributed by atoms with van der Waals surface area (Å²) in [5, 5.41) is 8.57. The first-order valence-electron chi connectivity index (χ1n) is 9.52. The fraction of sp³-hybridized carbons (Fsp3) is 0.550. The summed E-state index contributed by atoms with van der Waals surface area (Å²) in [5.74, 6) is 2.30. The van der Waals surface area contributed by atoms with Crippen molar-refractivity contribution in [1.82, 2.24) is 15.1 Å². The molecule has 6 nitrogen and oxygen atoms in total. The van der Waals surface area contributed by atoms with E-state index in [-0.39, 0.29) is 5.91 Å². The molecule has 0 radical (unpaired) electrons. The second-order valence-corrected chi connectivity index (χ2v) is 7.94. The summed E-state index contributed by atoms with van der Waals surface area (Å²) in [6.45, 7) is 4.78. The van der Waals surface area contributed by atoms with E-state index in [0.29, 0.717) is 35.3 Å². The number of nitrogens with zero attached hydrogens (tertiary/aromatic N) is 3. The Balaban J connectivity index is 1.57. The van der Waals surface area contributed by atoms with Gasteiger partial charge in [-0.05, 0) is 50.7 Å². The largest absolute Gasteiger partial charge is 0.493 e. The van der Waals surface area contributed by atoms with Gasteiger partial charge in [-0.1, -0.05) is 30.8 Å². The zero-order chi connectivity index (χ0) is 19.2. The fourth-order valence-electron chi connectivity index (χ4n) is 3.36. The molecular weight excluding hydrogens is 362 g/mol. The van der Waals surface area contributed by atoms with Gasteiger partial charge in [0.05, 0.1) is 17.9 Å². The van der Waals surface area contributed by atoms with Gasteiger partial charge in [-0.2, -0.15) is 0 Å². The van der Waals surface area contributed by atoms with Crippen LogP contribution in [0.4, 0.5) is 0 Å². The lowest BCUT2D eigenvalue weighted by atomic mass is 9.87. The third-order valence-corrected chi connectivity index (χ3v) is 5.87. The van der Waals surface area contributed by atoms with Crippen molar-refractivity contribution in [3.63, 3.8) is 0 Å². The van der Waals surface area contributed by atoms with Crippen LogP contribution in [0.25, 0.3) is 11.5 Å². The van der Waals surface area contributed by atoms with E-state index < -0.39 is 0 Å². The third kappa shape index (κ3) is 5.03. The van der Waals surface area contributed by atoms with E-state index in [2.05, 4.69) is 17.1 Å². The normalized spacial score (nSPS) is 19.7. The molecule has 1 fully saturated rings. The quantitative estimate of drug-likeness (QED) is 0.659. The van der Waals surface area contributed by atoms with Crippen molar-refractivity contribution < 1.29 is 13.9 Å². The Morgan fingerprint density at radius 3 is 2.74 bits per heavy atom. The number of benzene rings is 1. The van der Waals surface area contributed by atoms with Crippen LogP contribution in [0.1, 0.15) is 39.5 Å². The van der Waals surface area contributed by atoms with Gasteiger partial charge in [-0.25, -0.2) is 0 Å². The Labute approximate surface area is 164 Å². The van der Waals surface area contributed by atoms with Crippen LogP contribution in [0.3, 0.4) is 0 Å². The van der Waals surface area contributed by atoms with Gasteiger partial charge in [0.2, 0.25) is 5.91 Å². The van der Waals surface area contributed by atoms with Gasteiger partial charge >= 0.3 is 0 Å². The zero-order valence-corrected chi connectivity index (χ0v) is 17.0. The molecule has 1 saturated carbocycles. The molecule has 146 valence electrons. The van der Waals surface area contributed by atoms with Gasteiger partial charge in [-0.15, -0.1) is 10.2 Å². The summed E-state index contributed by atoms with van der Waals surface area (Å²) >= 11 is 1.28. The zero-order valence-electron chi connectivity index (χ0n) is 16.2. The van der Waals surface area contributed by atoms with Crippen LogP contribution in [-0.4, -0.2) is 46.5 Å². The van der Waals surface area contributed by atoms with Crippen molar-refractivity contribution in [1.29, 1.82) is 0 Å². The molecular formula is C20H27N3O3S.